The van der Waals surface area contributed by atoms with E-state index >= 15 is 0 Å². The molecule has 158 valence electrons. The first kappa shape index (κ1) is 21.5. The molecule has 0 radical (unpaired) electrons. The highest BCUT2D eigenvalue weighted by molar-refractivity contribution is 7.85. The molecule has 0 saturated heterocycles. The zero-order valence-electron chi connectivity index (χ0n) is 16.6. The fraction of sp³-hybridized carbons (Fsp3) is 0.182. The van der Waals surface area contributed by atoms with E-state index in [0.29, 0.717) is 18.5 Å². The molecule has 0 unspecified atom stereocenters. The van der Waals surface area contributed by atoms with Crippen molar-refractivity contribution in [2.24, 2.45) is 0 Å². The number of thiophene rings is 1. The number of fused-ring (bicyclic) bond motifs is 3. The quantitative estimate of drug-likeness (QED) is 0.311. The zero-order chi connectivity index (χ0) is 22.0. The first-order valence-electron chi connectivity index (χ1n) is 9.43. The number of rotatable bonds is 7. The number of thiazole rings is 1. The molecule has 9 heteroatoms. The minimum absolute atomic E-state index is 0.292. The predicted molar refractivity (Wildman–Crippen MR) is 125 cm³/mol. The van der Waals surface area contributed by atoms with Crippen LogP contribution in [-0.4, -0.2) is 25.8 Å². The summed E-state index contributed by atoms with van der Waals surface area (Å²) in [4.78, 5) is 0. The SMILES string of the molecule is COc1cc2sc(/C=C/c3ccc(C#N)cc3)[n+](CCCS(=O)(=O)O)c2c2sccc12. The summed E-state index contributed by atoms with van der Waals surface area (Å²) in [5.74, 6) is 0.512. The van der Waals surface area contributed by atoms with Crippen LogP contribution in [-0.2, 0) is 16.7 Å². The maximum Gasteiger partial charge on any atom is 0.265 e. The zero-order valence-corrected chi connectivity index (χ0v) is 19.1. The lowest BCUT2D eigenvalue weighted by molar-refractivity contribution is -0.667. The minimum atomic E-state index is -4.02. The monoisotopic (exact) mass is 471 g/mol. The van der Waals surface area contributed by atoms with Gasteiger partial charge in [-0.05, 0) is 35.2 Å². The molecular formula is C22H19N2O4S3+. The molecule has 4 rings (SSSR count). The Bertz CT molecular complexity index is 1430. The van der Waals surface area contributed by atoms with Gasteiger partial charge in [0.05, 0.1) is 24.5 Å². The van der Waals surface area contributed by atoms with Gasteiger partial charge < -0.3 is 4.74 Å². The molecule has 0 aliphatic heterocycles. The van der Waals surface area contributed by atoms with Crippen LogP contribution < -0.4 is 9.30 Å². The molecule has 2 aromatic heterocycles. The highest BCUT2D eigenvalue weighted by Crippen LogP contribution is 2.38. The number of methoxy groups -OCH3 is 1. The van der Waals surface area contributed by atoms with Gasteiger partial charge in [0.15, 0.2) is 6.54 Å². The summed E-state index contributed by atoms with van der Waals surface area (Å²) in [6.45, 7) is 0.451. The van der Waals surface area contributed by atoms with E-state index in [2.05, 4.69) is 10.6 Å². The Balaban J connectivity index is 1.81. The van der Waals surface area contributed by atoms with E-state index in [1.807, 2.05) is 41.8 Å². The topological polar surface area (TPSA) is 91.3 Å². The average molecular weight is 472 g/mol. The summed E-state index contributed by atoms with van der Waals surface area (Å²) in [6, 6.07) is 13.4. The highest BCUT2D eigenvalue weighted by atomic mass is 32.2. The number of benzene rings is 2. The summed E-state index contributed by atoms with van der Waals surface area (Å²) in [5, 5.41) is 13.0. The number of hydrogen-bond acceptors (Lipinski definition) is 6. The van der Waals surface area contributed by atoms with Crippen molar-refractivity contribution in [3.63, 3.8) is 0 Å². The van der Waals surface area contributed by atoms with Gasteiger partial charge in [-0.3, -0.25) is 4.55 Å². The van der Waals surface area contributed by atoms with Gasteiger partial charge in [0.2, 0.25) is 5.52 Å². The standard InChI is InChI=1S/C22H18N2O4S3/c1-28-18-13-19-21(22-17(18)9-11-29-22)24(10-2-12-31(25,26)27)20(30-19)8-7-15-3-5-16(14-23)6-4-15/h3-9,11,13H,2,10,12H2,1H3/p+1/b8-7+. The van der Waals surface area contributed by atoms with E-state index in [4.69, 9.17) is 14.6 Å². The molecule has 31 heavy (non-hydrogen) atoms. The number of hydrogen-bond donors (Lipinski definition) is 1. The van der Waals surface area contributed by atoms with Crippen molar-refractivity contribution in [2.75, 3.05) is 12.9 Å². The Morgan fingerprint density at radius 1 is 1.23 bits per heavy atom. The van der Waals surface area contributed by atoms with E-state index < -0.39 is 10.1 Å². The number of nitriles is 1. The molecule has 2 aromatic carbocycles. The first-order valence-corrected chi connectivity index (χ1v) is 12.7. The Morgan fingerprint density at radius 2 is 2.00 bits per heavy atom. The summed E-state index contributed by atoms with van der Waals surface area (Å²) in [6.07, 6.45) is 4.26. The summed E-state index contributed by atoms with van der Waals surface area (Å²) >= 11 is 3.21. The van der Waals surface area contributed by atoms with Crippen molar-refractivity contribution in [3.8, 4) is 11.8 Å². The maximum atomic E-state index is 11.2. The molecular weight excluding hydrogens is 452 g/mol. The highest BCUT2D eigenvalue weighted by Gasteiger charge is 2.24. The predicted octanol–water partition coefficient (Wildman–Crippen LogP) is 4.73. The molecule has 1 N–H and O–H groups in total. The smallest absolute Gasteiger partial charge is 0.265 e. The van der Waals surface area contributed by atoms with E-state index in [9.17, 15) is 8.42 Å². The van der Waals surface area contributed by atoms with Crippen LogP contribution in [0.4, 0.5) is 0 Å². The third-order valence-corrected chi connectivity index (χ3v) is 7.68. The van der Waals surface area contributed by atoms with Gasteiger partial charge in [-0.2, -0.15) is 18.2 Å². The average Bonchev–Trinajstić information content (AvgIpc) is 3.36. The molecule has 0 bridgehead atoms. The van der Waals surface area contributed by atoms with Crippen LogP contribution in [0.3, 0.4) is 0 Å². The number of nitrogens with zero attached hydrogens (tertiary/aromatic N) is 2. The fourth-order valence-corrected chi connectivity index (χ4v) is 6.09. The molecule has 0 saturated carbocycles. The van der Waals surface area contributed by atoms with Crippen LogP contribution in [0.2, 0.25) is 0 Å². The van der Waals surface area contributed by atoms with Crippen LogP contribution in [0, 0.1) is 11.3 Å². The number of aromatic nitrogens is 1. The van der Waals surface area contributed by atoms with Crippen LogP contribution in [0.15, 0.2) is 41.8 Å². The summed E-state index contributed by atoms with van der Waals surface area (Å²) in [5.41, 5.74) is 2.59. The molecule has 6 nitrogen and oxygen atoms in total. The lowest BCUT2D eigenvalue weighted by atomic mass is 10.1. The number of aryl methyl sites for hydroxylation is 1. The van der Waals surface area contributed by atoms with Gasteiger partial charge in [-0.1, -0.05) is 23.5 Å². The third kappa shape index (κ3) is 4.62. The van der Waals surface area contributed by atoms with Crippen molar-refractivity contribution in [3.05, 3.63) is 57.9 Å². The molecule has 2 heterocycles. The van der Waals surface area contributed by atoms with Crippen molar-refractivity contribution in [2.45, 2.75) is 13.0 Å². The van der Waals surface area contributed by atoms with E-state index in [1.165, 1.54) is 0 Å². The van der Waals surface area contributed by atoms with Crippen LogP contribution in [0.1, 0.15) is 22.6 Å². The molecule has 0 fully saturated rings. The Kier molecular flexibility index (Phi) is 6.07. The van der Waals surface area contributed by atoms with Crippen molar-refractivity contribution >= 4 is 65.2 Å². The van der Waals surface area contributed by atoms with Crippen molar-refractivity contribution < 1.29 is 22.3 Å². The Labute approximate surface area is 188 Å². The van der Waals surface area contributed by atoms with E-state index in [-0.39, 0.29) is 5.75 Å². The van der Waals surface area contributed by atoms with E-state index in [0.717, 1.165) is 36.6 Å². The molecule has 0 spiro atoms. The van der Waals surface area contributed by atoms with Crippen molar-refractivity contribution in [1.29, 1.82) is 5.26 Å². The maximum absolute atomic E-state index is 11.2. The summed E-state index contributed by atoms with van der Waals surface area (Å²) in [7, 11) is -2.37. The normalized spacial score (nSPS) is 12.0. The second kappa shape index (κ2) is 8.77. The minimum Gasteiger partial charge on any atom is -0.496 e. The first-order chi connectivity index (χ1) is 14.9. The molecule has 0 aliphatic carbocycles. The molecule has 0 aliphatic rings. The third-order valence-electron chi connectivity index (χ3n) is 4.85. The lowest BCUT2D eigenvalue weighted by Gasteiger charge is -2.02. The lowest BCUT2D eigenvalue weighted by Crippen LogP contribution is -2.36. The second-order valence-corrected chi connectivity index (χ2v) is 10.4. The van der Waals surface area contributed by atoms with Crippen molar-refractivity contribution in [1.82, 2.24) is 0 Å². The van der Waals surface area contributed by atoms with Crippen LogP contribution in [0.25, 0.3) is 32.5 Å². The van der Waals surface area contributed by atoms with Crippen LogP contribution in [0.5, 0.6) is 5.75 Å². The largest absolute Gasteiger partial charge is 0.496 e. The van der Waals surface area contributed by atoms with Crippen LogP contribution >= 0.6 is 22.7 Å². The van der Waals surface area contributed by atoms with Gasteiger partial charge in [-0.25, -0.2) is 0 Å². The van der Waals surface area contributed by atoms with Gasteiger partial charge in [0, 0.05) is 23.9 Å². The molecule has 4 aromatic rings. The second-order valence-electron chi connectivity index (χ2n) is 6.89. The van der Waals surface area contributed by atoms with Gasteiger partial charge >= 0.3 is 0 Å². The van der Waals surface area contributed by atoms with Gasteiger partial charge in [0.25, 0.3) is 15.1 Å². The molecule has 0 amide bonds. The van der Waals surface area contributed by atoms with E-state index in [1.54, 1.807) is 41.9 Å². The fourth-order valence-electron chi connectivity index (χ4n) is 3.43. The Hall–Kier alpha value is -2.77. The summed E-state index contributed by atoms with van der Waals surface area (Å²) < 4.78 is 41.4. The Morgan fingerprint density at radius 3 is 2.68 bits per heavy atom. The van der Waals surface area contributed by atoms with Gasteiger partial charge in [0.1, 0.15) is 15.1 Å². The molecule has 0 atom stereocenters. The van der Waals surface area contributed by atoms with Gasteiger partial charge in [-0.15, -0.1) is 11.3 Å². The number of ether oxygens (including phenoxy) is 1.